The van der Waals surface area contributed by atoms with Gasteiger partial charge in [0.15, 0.2) is 0 Å². The highest BCUT2D eigenvalue weighted by molar-refractivity contribution is 9.10. The molecule has 0 aliphatic carbocycles. The van der Waals surface area contributed by atoms with E-state index in [4.69, 9.17) is 0 Å². The molecule has 8 nitrogen and oxygen atoms in total. The Kier molecular flexibility index (Phi) is 7.04. The molecule has 0 unspecified atom stereocenters. The molecule has 0 saturated heterocycles. The van der Waals surface area contributed by atoms with E-state index in [1.54, 1.807) is 36.6 Å². The van der Waals surface area contributed by atoms with Crippen molar-refractivity contribution in [3.05, 3.63) is 68.0 Å². The van der Waals surface area contributed by atoms with Crippen LogP contribution in [0.3, 0.4) is 0 Å². The Morgan fingerprint density at radius 3 is 2.48 bits per heavy atom. The molecule has 0 atom stereocenters. The third kappa shape index (κ3) is 4.76. The van der Waals surface area contributed by atoms with Gasteiger partial charge in [0.1, 0.15) is 10.6 Å². The largest absolute Gasteiger partial charge is 0.465 e. The molecule has 0 saturated carbocycles. The van der Waals surface area contributed by atoms with Crippen LogP contribution in [0.5, 0.6) is 0 Å². The lowest BCUT2D eigenvalue weighted by Crippen LogP contribution is -2.06. The minimum Gasteiger partial charge on any atom is -0.465 e. The minimum absolute atomic E-state index is 0.102. The first-order valence-electron chi connectivity index (χ1n) is 8.50. The number of nitro groups is 1. The molecule has 0 bridgehead atoms. The summed E-state index contributed by atoms with van der Waals surface area (Å²) in [5.41, 5.74) is 0.318. The van der Waals surface area contributed by atoms with E-state index in [-0.39, 0.29) is 24.8 Å². The first-order valence-corrected chi connectivity index (χ1v) is 12.8. The van der Waals surface area contributed by atoms with Crippen molar-refractivity contribution in [2.75, 3.05) is 18.7 Å². The molecule has 0 fully saturated rings. The molecule has 0 aliphatic heterocycles. The van der Waals surface area contributed by atoms with Gasteiger partial charge in [-0.25, -0.2) is 13.2 Å². The van der Waals surface area contributed by atoms with Gasteiger partial charge in [0.25, 0.3) is 5.69 Å². The lowest BCUT2D eigenvalue weighted by atomic mass is 10.2. The smallest absolute Gasteiger partial charge is 0.348 e. The van der Waals surface area contributed by atoms with Crippen LogP contribution in [0.4, 0.5) is 17.1 Å². The van der Waals surface area contributed by atoms with Crippen LogP contribution >= 0.6 is 39.0 Å². The third-order valence-corrected chi connectivity index (χ3v) is 9.01. The van der Waals surface area contributed by atoms with Crippen LogP contribution in [0.2, 0.25) is 0 Å². The number of thioether (sulfide) groups is 1. The average Bonchev–Trinajstić information content (AvgIpc) is 3.20. The number of anilines is 2. The fraction of sp³-hybridized carbons (Fsp3) is 0.105. The first-order chi connectivity index (χ1) is 14.7. The number of hydrogen-bond acceptors (Lipinski definition) is 9. The Bertz CT molecular complexity index is 1260. The van der Waals surface area contributed by atoms with E-state index >= 15 is 0 Å². The van der Waals surface area contributed by atoms with Crippen molar-refractivity contribution < 1.29 is 22.9 Å². The number of nitro benzene ring substituents is 1. The topological polar surface area (TPSA) is 116 Å². The highest BCUT2D eigenvalue weighted by Gasteiger charge is 2.30. The summed E-state index contributed by atoms with van der Waals surface area (Å²) in [5.74, 6) is -0.656. The maximum absolute atomic E-state index is 13.3. The molecular formula is C19H15BrN2O6S3. The Morgan fingerprint density at radius 1 is 1.23 bits per heavy atom. The number of nitrogens with zero attached hydrogens (tertiary/aromatic N) is 1. The fourth-order valence-electron chi connectivity index (χ4n) is 2.67. The van der Waals surface area contributed by atoms with Crippen LogP contribution in [-0.2, 0) is 14.6 Å². The van der Waals surface area contributed by atoms with Gasteiger partial charge in [0.2, 0.25) is 9.84 Å². The summed E-state index contributed by atoms with van der Waals surface area (Å²) in [6.45, 7) is 0. The molecule has 1 heterocycles. The van der Waals surface area contributed by atoms with Crippen LogP contribution < -0.4 is 5.32 Å². The second-order valence-corrected chi connectivity index (χ2v) is 10.9. The number of nitrogens with one attached hydrogen (secondary N) is 1. The van der Waals surface area contributed by atoms with E-state index in [1.165, 1.54) is 19.2 Å². The number of carbonyl (C=O) groups is 1. The Hall–Kier alpha value is -2.41. The third-order valence-electron chi connectivity index (χ3n) is 4.12. The number of esters is 1. The van der Waals surface area contributed by atoms with Crippen molar-refractivity contribution in [1.29, 1.82) is 0 Å². The quantitative estimate of drug-likeness (QED) is 0.180. The number of sulfone groups is 1. The molecule has 1 aromatic heterocycles. The van der Waals surface area contributed by atoms with E-state index in [9.17, 15) is 23.3 Å². The second kappa shape index (κ2) is 9.39. The van der Waals surface area contributed by atoms with Crippen molar-refractivity contribution in [3.63, 3.8) is 0 Å². The standard InChI is InChI=1S/C19H15BrN2O6S3/c1-28-18(23)15-10-16(19(29-2)30-15)31(26,27)12-8-13(20)17(14(9-12)22(24)25)21-11-6-4-3-5-7-11/h3-10,21H,1-2H3. The number of halogens is 1. The molecule has 1 N–H and O–H groups in total. The summed E-state index contributed by atoms with van der Waals surface area (Å²) in [6, 6.07) is 12.3. The summed E-state index contributed by atoms with van der Waals surface area (Å²) < 4.78 is 31.9. The van der Waals surface area contributed by atoms with Gasteiger partial charge in [-0.15, -0.1) is 23.1 Å². The lowest BCUT2D eigenvalue weighted by molar-refractivity contribution is -0.384. The van der Waals surface area contributed by atoms with Gasteiger partial charge in [-0.2, -0.15) is 0 Å². The number of benzene rings is 2. The van der Waals surface area contributed by atoms with E-state index in [1.807, 2.05) is 0 Å². The van der Waals surface area contributed by atoms with Crippen LogP contribution in [-0.4, -0.2) is 32.7 Å². The van der Waals surface area contributed by atoms with Crippen LogP contribution in [0.15, 0.2) is 67.0 Å². The second-order valence-electron chi connectivity index (χ2n) is 6.01. The van der Waals surface area contributed by atoms with Gasteiger partial charge < -0.3 is 10.1 Å². The van der Waals surface area contributed by atoms with Crippen LogP contribution in [0.25, 0.3) is 0 Å². The molecule has 3 aromatic rings. The number of para-hydroxylation sites is 1. The van der Waals surface area contributed by atoms with Gasteiger partial charge >= 0.3 is 5.97 Å². The molecule has 3 rings (SSSR count). The molecule has 0 radical (unpaired) electrons. The minimum atomic E-state index is -4.15. The predicted molar refractivity (Wildman–Crippen MR) is 123 cm³/mol. The van der Waals surface area contributed by atoms with Crippen molar-refractivity contribution in [1.82, 2.24) is 0 Å². The summed E-state index contributed by atoms with van der Waals surface area (Å²) in [5, 5.41) is 14.7. The molecule has 0 spiro atoms. The molecule has 162 valence electrons. The summed E-state index contributed by atoms with van der Waals surface area (Å²) >= 11 is 5.40. The fourth-order valence-corrected chi connectivity index (χ4v) is 7.33. The average molecular weight is 543 g/mol. The molecular weight excluding hydrogens is 528 g/mol. The zero-order chi connectivity index (χ0) is 22.8. The SMILES string of the molecule is COC(=O)c1cc(S(=O)(=O)c2cc(Br)c(Nc3ccccc3)c([N+](=O)[O-])c2)c(SC)s1. The van der Waals surface area contributed by atoms with Crippen molar-refractivity contribution in [3.8, 4) is 0 Å². The van der Waals surface area contributed by atoms with Gasteiger partial charge in [0.05, 0.1) is 26.0 Å². The Morgan fingerprint density at radius 2 is 1.90 bits per heavy atom. The molecule has 0 amide bonds. The number of rotatable bonds is 7. The maximum Gasteiger partial charge on any atom is 0.348 e. The molecule has 2 aromatic carbocycles. The maximum atomic E-state index is 13.3. The monoisotopic (exact) mass is 542 g/mol. The van der Waals surface area contributed by atoms with Crippen molar-refractivity contribution >= 4 is 71.9 Å². The number of ether oxygens (including phenoxy) is 1. The van der Waals surface area contributed by atoms with Gasteiger partial charge in [-0.1, -0.05) is 18.2 Å². The molecule has 0 aliphatic rings. The normalized spacial score (nSPS) is 11.2. The first kappa shape index (κ1) is 23.3. The Balaban J connectivity index is 2.14. The predicted octanol–water partition coefficient (Wildman–Crippen LogP) is 5.50. The van der Waals surface area contributed by atoms with E-state index in [0.29, 0.717) is 9.90 Å². The number of carbonyl (C=O) groups excluding carboxylic acids is 1. The Labute approximate surface area is 194 Å². The summed E-state index contributed by atoms with van der Waals surface area (Å²) in [6.07, 6.45) is 1.68. The number of methoxy groups -OCH3 is 1. The summed E-state index contributed by atoms with van der Waals surface area (Å²) in [4.78, 5) is 22.7. The van der Waals surface area contributed by atoms with Crippen molar-refractivity contribution in [2.24, 2.45) is 0 Å². The number of hydrogen-bond donors (Lipinski definition) is 1. The van der Waals surface area contributed by atoms with Gasteiger partial charge in [-0.05, 0) is 46.5 Å². The summed E-state index contributed by atoms with van der Waals surface area (Å²) in [7, 11) is -2.95. The van der Waals surface area contributed by atoms with Crippen molar-refractivity contribution in [2.45, 2.75) is 14.0 Å². The van der Waals surface area contributed by atoms with E-state index in [0.717, 1.165) is 29.2 Å². The van der Waals surface area contributed by atoms with E-state index in [2.05, 4.69) is 26.0 Å². The van der Waals surface area contributed by atoms with Crippen LogP contribution in [0, 0.1) is 10.1 Å². The van der Waals surface area contributed by atoms with Gasteiger partial charge in [0, 0.05) is 16.2 Å². The molecule has 31 heavy (non-hydrogen) atoms. The number of thiophene rings is 1. The van der Waals surface area contributed by atoms with E-state index < -0.39 is 26.4 Å². The lowest BCUT2D eigenvalue weighted by Gasteiger charge is -2.12. The van der Waals surface area contributed by atoms with Gasteiger partial charge in [-0.3, -0.25) is 10.1 Å². The zero-order valence-electron chi connectivity index (χ0n) is 16.1. The van der Waals surface area contributed by atoms with Crippen LogP contribution in [0.1, 0.15) is 9.67 Å². The highest BCUT2D eigenvalue weighted by Crippen LogP contribution is 2.42. The highest BCUT2D eigenvalue weighted by atomic mass is 79.9. The molecule has 12 heteroatoms. The zero-order valence-corrected chi connectivity index (χ0v) is 20.2.